The second-order valence-electron chi connectivity index (χ2n) is 5.00. The quantitative estimate of drug-likeness (QED) is 0.796. The van der Waals surface area contributed by atoms with Gasteiger partial charge in [-0.1, -0.05) is 0 Å². The minimum atomic E-state index is -0.413. The van der Waals surface area contributed by atoms with Crippen LogP contribution in [0.3, 0.4) is 0 Å². The van der Waals surface area contributed by atoms with Crippen molar-refractivity contribution in [3.05, 3.63) is 42.0 Å². The lowest BCUT2D eigenvalue weighted by atomic mass is 9.96. The molecule has 0 aliphatic heterocycles. The summed E-state index contributed by atoms with van der Waals surface area (Å²) in [7, 11) is 0. The molecule has 1 heterocycles. The predicted molar refractivity (Wildman–Crippen MR) is 77.7 cm³/mol. The van der Waals surface area contributed by atoms with Gasteiger partial charge in [-0.15, -0.1) is 0 Å². The van der Waals surface area contributed by atoms with Crippen molar-refractivity contribution in [2.24, 2.45) is 11.7 Å². The van der Waals surface area contributed by atoms with Crippen LogP contribution in [0.5, 0.6) is 0 Å². The molecule has 0 saturated carbocycles. The van der Waals surface area contributed by atoms with Crippen LogP contribution in [0.2, 0.25) is 0 Å². The molecular weight excluding hydrogens is 285 g/mol. The fourth-order valence-electron chi connectivity index (χ4n) is 2.15. The average Bonchev–Trinajstić information content (AvgIpc) is 2.95. The summed E-state index contributed by atoms with van der Waals surface area (Å²) < 4.78 is 18.2. The third-order valence-corrected chi connectivity index (χ3v) is 3.34. The number of nitrogens with two attached hydrogens (primary N) is 1. The van der Waals surface area contributed by atoms with Gasteiger partial charge < -0.3 is 10.2 Å². The number of unbranched alkanes of at least 4 members (excludes halogenated alkanes) is 1. The SMILES string of the molecule is N#CCCCC(Cc1coc(-c2ccc(F)cc2)n1)C(N)=O. The van der Waals surface area contributed by atoms with Crippen LogP contribution in [-0.4, -0.2) is 10.9 Å². The molecule has 2 aromatic rings. The molecule has 2 rings (SSSR count). The normalized spacial score (nSPS) is 11.8. The van der Waals surface area contributed by atoms with Gasteiger partial charge in [0.25, 0.3) is 0 Å². The monoisotopic (exact) mass is 301 g/mol. The van der Waals surface area contributed by atoms with Crippen LogP contribution in [0.1, 0.15) is 25.0 Å². The molecule has 0 aliphatic rings. The Labute approximate surface area is 127 Å². The molecule has 22 heavy (non-hydrogen) atoms. The summed E-state index contributed by atoms with van der Waals surface area (Å²) in [6, 6.07) is 7.84. The number of oxazole rings is 1. The maximum Gasteiger partial charge on any atom is 0.226 e. The molecule has 5 nitrogen and oxygen atoms in total. The van der Waals surface area contributed by atoms with Crippen molar-refractivity contribution in [1.82, 2.24) is 4.98 Å². The van der Waals surface area contributed by atoms with Gasteiger partial charge in [0.1, 0.15) is 12.1 Å². The first-order valence-electron chi connectivity index (χ1n) is 6.96. The van der Waals surface area contributed by atoms with Gasteiger partial charge in [0, 0.05) is 24.3 Å². The van der Waals surface area contributed by atoms with Crippen molar-refractivity contribution < 1.29 is 13.6 Å². The molecule has 2 N–H and O–H groups in total. The molecular formula is C16H16FN3O2. The first kappa shape index (κ1) is 15.7. The Balaban J connectivity index is 2.05. The van der Waals surface area contributed by atoms with Crippen molar-refractivity contribution in [2.45, 2.75) is 25.7 Å². The summed E-state index contributed by atoms with van der Waals surface area (Å²) in [6.45, 7) is 0. The number of halogens is 1. The zero-order valence-electron chi connectivity index (χ0n) is 12.0. The lowest BCUT2D eigenvalue weighted by Gasteiger charge is -2.09. The zero-order chi connectivity index (χ0) is 15.9. The number of carbonyl (C=O) groups excluding carboxylic acids is 1. The first-order chi connectivity index (χ1) is 10.6. The van der Waals surface area contributed by atoms with E-state index in [0.717, 1.165) is 0 Å². The van der Waals surface area contributed by atoms with Crippen molar-refractivity contribution in [2.75, 3.05) is 0 Å². The van der Waals surface area contributed by atoms with Crippen molar-refractivity contribution >= 4 is 5.91 Å². The van der Waals surface area contributed by atoms with E-state index >= 15 is 0 Å². The number of benzene rings is 1. The topological polar surface area (TPSA) is 92.9 Å². The Morgan fingerprint density at radius 3 is 2.77 bits per heavy atom. The lowest BCUT2D eigenvalue weighted by Crippen LogP contribution is -2.25. The van der Waals surface area contributed by atoms with Crippen LogP contribution in [0.15, 0.2) is 34.9 Å². The second kappa shape index (κ2) is 7.36. The number of hydrogen-bond acceptors (Lipinski definition) is 4. The highest BCUT2D eigenvalue weighted by atomic mass is 19.1. The Morgan fingerprint density at radius 2 is 2.14 bits per heavy atom. The summed E-state index contributed by atoms with van der Waals surface area (Å²) in [4.78, 5) is 15.8. The summed E-state index contributed by atoms with van der Waals surface area (Å²) in [6.07, 6.45) is 3.39. The van der Waals surface area contributed by atoms with Crippen LogP contribution in [0, 0.1) is 23.1 Å². The highest BCUT2D eigenvalue weighted by molar-refractivity contribution is 5.76. The van der Waals surface area contributed by atoms with E-state index in [1.54, 1.807) is 12.1 Å². The molecule has 0 fully saturated rings. The van der Waals surface area contributed by atoms with Gasteiger partial charge in [-0.25, -0.2) is 9.37 Å². The van der Waals surface area contributed by atoms with Gasteiger partial charge in [0.15, 0.2) is 0 Å². The highest BCUT2D eigenvalue weighted by Gasteiger charge is 2.18. The van der Waals surface area contributed by atoms with Gasteiger partial charge >= 0.3 is 0 Å². The smallest absolute Gasteiger partial charge is 0.226 e. The highest BCUT2D eigenvalue weighted by Crippen LogP contribution is 2.21. The van der Waals surface area contributed by atoms with Crippen LogP contribution in [0.25, 0.3) is 11.5 Å². The molecule has 0 bridgehead atoms. The van der Waals surface area contributed by atoms with Gasteiger partial charge in [-0.2, -0.15) is 5.26 Å². The molecule has 0 spiro atoms. The minimum Gasteiger partial charge on any atom is -0.444 e. The van der Waals surface area contributed by atoms with Gasteiger partial charge in [-0.3, -0.25) is 4.79 Å². The fraction of sp³-hybridized carbons (Fsp3) is 0.312. The third kappa shape index (κ3) is 4.16. The third-order valence-electron chi connectivity index (χ3n) is 3.34. The van der Waals surface area contributed by atoms with Crippen LogP contribution in [-0.2, 0) is 11.2 Å². The zero-order valence-corrected chi connectivity index (χ0v) is 12.0. The van der Waals surface area contributed by atoms with Crippen LogP contribution >= 0.6 is 0 Å². The van der Waals surface area contributed by atoms with Gasteiger partial charge in [0.2, 0.25) is 11.8 Å². The number of carbonyl (C=O) groups is 1. The summed E-state index contributed by atoms with van der Waals surface area (Å²) in [5.74, 6) is -0.749. The maximum atomic E-state index is 12.9. The van der Waals surface area contributed by atoms with Crippen molar-refractivity contribution in [1.29, 1.82) is 5.26 Å². The molecule has 114 valence electrons. The van der Waals surface area contributed by atoms with Crippen LogP contribution in [0.4, 0.5) is 4.39 Å². The number of nitriles is 1. The number of aromatic nitrogens is 1. The molecule has 1 atom stereocenters. The molecule has 1 amide bonds. The van der Waals surface area contributed by atoms with E-state index in [9.17, 15) is 9.18 Å². The molecule has 6 heteroatoms. The molecule has 1 aromatic heterocycles. The fourth-order valence-corrected chi connectivity index (χ4v) is 2.15. The van der Waals surface area contributed by atoms with Crippen molar-refractivity contribution in [3.8, 4) is 17.5 Å². The summed E-state index contributed by atoms with van der Waals surface area (Å²) in [5.41, 5.74) is 6.65. The molecule has 1 aromatic carbocycles. The molecule has 1 unspecified atom stereocenters. The number of hydrogen-bond donors (Lipinski definition) is 1. The largest absolute Gasteiger partial charge is 0.444 e. The standard InChI is InChI=1S/C16H16FN3O2/c17-13-6-4-11(5-7-13)16-20-14(10-22-16)9-12(15(19)21)3-1-2-8-18/h4-7,10,12H,1-3,9H2,(H2,19,21). The van der Waals surface area contributed by atoms with E-state index in [1.807, 2.05) is 6.07 Å². The van der Waals surface area contributed by atoms with E-state index in [-0.39, 0.29) is 11.7 Å². The minimum absolute atomic E-state index is 0.332. The van der Waals surface area contributed by atoms with E-state index < -0.39 is 5.91 Å². The number of amides is 1. The number of nitrogens with zero attached hydrogens (tertiary/aromatic N) is 2. The predicted octanol–water partition coefficient (Wildman–Crippen LogP) is 2.82. The second-order valence-corrected chi connectivity index (χ2v) is 5.00. The Morgan fingerprint density at radius 1 is 1.41 bits per heavy atom. The molecule has 0 aliphatic carbocycles. The summed E-state index contributed by atoms with van der Waals surface area (Å²) >= 11 is 0. The van der Waals surface area contributed by atoms with E-state index in [4.69, 9.17) is 15.4 Å². The molecule has 0 radical (unpaired) electrons. The van der Waals surface area contributed by atoms with Gasteiger partial charge in [0.05, 0.1) is 11.8 Å². The van der Waals surface area contributed by atoms with Crippen LogP contribution < -0.4 is 5.73 Å². The van der Waals surface area contributed by atoms with E-state index in [1.165, 1.54) is 18.4 Å². The lowest BCUT2D eigenvalue weighted by molar-refractivity contribution is -0.122. The Hall–Kier alpha value is -2.68. The molecule has 0 saturated heterocycles. The maximum absolute atomic E-state index is 12.9. The van der Waals surface area contributed by atoms with Gasteiger partial charge in [-0.05, 0) is 37.1 Å². The number of rotatable bonds is 7. The van der Waals surface area contributed by atoms with E-state index in [0.29, 0.717) is 42.8 Å². The summed E-state index contributed by atoms with van der Waals surface area (Å²) in [5, 5.41) is 8.54. The average molecular weight is 301 g/mol. The number of primary amides is 1. The first-order valence-corrected chi connectivity index (χ1v) is 6.96. The Kier molecular flexibility index (Phi) is 5.26. The van der Waals surface area contributed by atoms with E-state index in [2.05, 4.69) is 4.98 Å². The Bertz CT molecular complexity index is 673. The van der Waals surface area contributed by atoms with Crippen molar-refractivity contribution in [3.63, 3.8) is 0 Å².